The third-order valence-electron chi connectivity index (χ3n) is 5.38. The monoisotopic (exact) mass is 324 g/mol. The lowest BCUT2D eigenvalue weighted by molar-refractivity contribution is 0.412. The van der Waals surface area contributed by atoms with Crippen LogP contribution in [-0.4, -0.2) is 33.9 Å². The van der Waals surface area contributed by atoms with Gasteiger partial charge in [-0.3, -0.25) is 0 Å². The molecular formula is C20H24N2O2. The maximum atomic E-state index is 5.70. The van der Waals surface area contributed by atoms with E-state index in [0.29, 0.717) is 11.8 Å². The molecule has 0 amide bonds. The van der Waals surface area contributed by atoms with Crippen LogP contribution in [0.15, 0.2) is 30.3 Å². The Morgan fingerprint density at radius 1 is 1.00 bits per heavy atom. The first-order chi connectivity index (χ1) is 11.7. The molecule has 2 atom stereocenters. The molecule has 2 aromatic rings. The molecule has 0 spiro atoms. The normalized spacial score (nSPS) is 21.6. The highest BCUT2D eigenvalue weighted by molar-refractivity contribution is 5.77. The summed E-state index contributed by atoms with van der Waals surface area (Å²) in [5.41, 5.74) is 6.18. The smallest absolute Gasteiger partial charge is 0.142 e. The maximum absolute atomic E-state index is 5.70. The maximum Gasteiger partial charge on any atom is 0.142 e. The van der Waals surface area contributed by atoms with Gasteiger partial charge in [0.25, 0.3) is 0 Å². The zero-order valence-electron chi connectivity index (χ0n) is 14.5. The summed E-state index contributed by atoms with van der Waals surface area (Å²) in [6.45, 7) is 5.28. The predicted molar refractivity (Wildman–Crippen MR) is 97.3 cm³/mol. The lowest BCUT2D eigenvalue weighted by Gasteiger charge is -2.30. The van der Waals surface area contributed by atoms with Gasteiger partial charge in [0.2, 0.25) is 0 Å². The molecule has 4 rings (SSSR count). The van der Waals surface area contributed by atoms with E-state index < -0.39 is 0 Å². The second-order valence-electron chi connectivity index (χ2n) is 6.73. The van der Waals surface area contributed by atoms with Gasteiger partial charge in [-0.05, 0) is 59.4 Å². The first-order valence-electron chi connectivity index (χ1n) is 8.52. The van der Waals surface area contributed by atoms with Crippen LogP contribution in [0.5, 0.6) is 11.5 Å². The Kier molecular flexibility index (Phi) is 3.85. The number of aryl methyl sites for hydroxylation is 1. The molecule has 2 unspecified atom stereocenters. The summed E-state index contributed by atoms with van der Waals surface area (Å²) in [6.07, 6.45) is 0. The molecular weight excluding hydrogens is 300 g/mol. The van der Waals surface area contributed by atoms with Crippen molar-refractivity contribution < 1.29 is 9.47 Å². The van der Waals surface area contributed by atoms with E-state index >= 15 is 0 Å². The zero-order chi connectivity index (χ0) is 16.7. The largest absolute Gasteiger partial charge is 0.497 e. The van der Waals surface area contributed by atoms with Gasteiger partial charge < -0.3 is 20.1 Å². The molecule has 4 nitrogen and oxygen atoms in total. The summed E-state index contributed by atoms with van der Waals surface area (Å²) >= 11 is 0. The summed E-state index contributed by atoms with van der Waals surface area (Å²) in [7, 11) is 3.45. The van der Waals surface area contributed by atoms with Gasteiger partial charge in [0.1, 0.15) is 11.5 Å². The van der Waals surface area contributed by atoms with E-state index in [1.165, 1.54) is 22.3 Å². The second-order valence-corrected chi connectivity index (χ2v) is 6.73. The highest BCUT2D eigenvalue weighted by Gasteiger charge is 2.35. The van der Waals surface area contributed by atoms with Crippen LogP contribution in [-0.2, 0) is 0 Å². The lowest BCUT2D eigenvalue weighted by Crippen LogP contribution is -2.27. The van der Waals surface area contributed by atoms with Crippen LogP contribution < -0.4 is 20.1 Å². The van der Waals surface area contributed by atoms with Crippen molar-refractivity contribution in [1.29, 1.82) is 0 Å². The van der Waals surface area contributed by atoms with E-state index in [1.54, 1.807) is 14.2 Å². The van der Waals surface area contributed by atoms with E-state index in [0.717, 1.165) is 36.8 Å². The topological polar surface area (TPSA) is 42.5 Å². The van der Waals surface area contributed by atoms with Gasteiger partial charge in [0.15, 0.2) is 0 Å². The number of benzene rings is 2. The van der Waals surface area contributed by atoms with Crippen molar-refractivity contribution in [3.05, 3.63) is 41.5 Å². The SMILES string of the molecule is COc1ccc(-c2cc(OC)c3c(c2)C2CNCC2CN3)c(C)c1. The van der Waals surface area contributed by atoms with Gasteiger partial charge in [-0.25, -0.2) is 0 Å². The van der Waals surface area contributed by atoms with Gasteiger partial charge in [0.05, 0.1) is 19.9 Å². The van der Waals surface area contributed by atoms with Gasteiger partial charge in [-0.2, -0.15) is 0 Å². The molecule has 24 heavy (non-hydrogen) atoms. The van der Waals surface area contributed by atoms with Crippen molar-refractivity contribution in [2.45, 2.75) is 12.8 Å². The second kappa shape index (κ2) is 6.02. The van der Waals surface area contributed by atoms with Crippen LogP contribution in [0.4, 0.5) is 5.69 Å². The van der Waals surface area contributed by atoms with Crippen LogP contribution >= 0.6 is 0 Å². The first-order valence-corrected chi connectivity index (χ1v) is 8.52. The van der Waals surface area contributed by atoms with Crippen LogP contribution in [0, 0.1) is 12.8 Å². The van der Waals surface area contributed by atoms with Crippen LogP contribution in [0.2, 0.25) is 0 Å². The Bertz CT molecular complexity index is 772. The molecule has 2 aromatic carbocycles. The third-order valence-corrected chi connectivity index (χ3v) is 5.38. The van der Waals surface area contributed by atoms with E-state index in [-0.39, 0.29) is 0 Å². The number of hydrogen-bond acceptors (Lipinski definition) is 4. The van der Waals surface area contributed by atoms with Crippen molar-refractivity contribution in [3.8, 4) is 22.6 Å². The number of rotatable bonds is 3. The Labute approximate surface area is 143 Å². The summed E-state index contributed by atoms with van der Waals surface area (Å²) < 4.78 is 11.0. The predicted octanol–water partition coefficient (Wildman–Crippen LogP) is 3.41. The fourth-order valence-corrected chi connectivity index (χ4v) is 4.07. The van der Waals surface area contributed by atoms with Gasteiger partial charge in [-0.1, -0.05) is 6.07 Å². The first kappa shape index (κ1) is 15.3. The van der Waals surface area contributed by atoms with E-state index in [1.807, 2.05) is 6.07 Å². The quantitative estimate of drug-likeness (QED) is 0.908. The Morgan fingerprint density at radius 2 is 1.88 bits per heavy atom. The summed E-state index contributed by atoms with van der Waals surface area (Å²) in [5, 5.41) is 7.11. The van der Waals surface area contributed by atoms with Crippen LogP contribution in [0.25, 0.3) is 11.1 Å². The van der Waals surface area contributed by atoms with Gasteiger partial charge >= 0.3 is 0 Å². The van der Waals surface area contributed by atoms with Crippen molar-refractivity contribution in [1.82, 2.24) is 5.32 Å². The van der Waals surface area contributed by atoms with E-state index in [9.17, 15) is 0 Å². The number of nitrogens with one attached hydrogen (secondary N) is 2. The number of methoxy groups -OCH3 is 2. The molecule has 0 aliphatic carbocycles. The molecule has 2 heterocycles. The molecule has 1 fully saturated rings. The highest BCUT2D eigenvalue weighted by Crippen LogP contribution is 2.45. The van der Waals surface area contributed by atoms with Crippen LogP contribution in [0.1, 0.15) is 17.0 Å². The summed E-state index contributed by atoms with van der Waals surface area (Å²) in [5.74, 6) is 3.05. The van der Waals surface area contributed by atoms with Crippen molar-refractivity contribution in [2.75, 3.05) is 39.2 Å². The summed E-state index contributed by atoms with van der Waals surface area (Å²) in [6, 6.07) is 10.7. The number of anilines is 1. The average Bonchev–Trinajstić information content (AvgIpc) is 3.09. The fourth-order valence-electron chi connectivity index (χ4n) is 4.07. The molecule has 0 aromatic heterocycles. The van der Waals surface area contributed by atoms with Crippen molar-refractivity contribution in [2.24, 2.45) is 5.92 Å². The van der Waals surface area contributed by atoms with Crippen molar-refractivity contribution in [3.63, 3.8) is 0 Å². The minimum Gasteiger partial charge on any atom is -0.497 e. The Hall–Kier alpha value is -2.20. The molecule has 2 aliphatic rings. The van der Waals surface area contributed by atoms with Gasteiger partial charge in [-0.15, -0.1) is 0 Å². The standard InChI is InChI=1S/C20H24N2O2/c1-12-6-15(23-2)4-5-16(12)13-7-17-18-11-21-9-14(18)10-22-20(17)19(8-13)24-3/h4-8,14,18,21-22H,9-11H2,1-3H3. The molecule has 2 aliphatic heterocycles. The molecule has 4 heteroatoms. The molecule has 0 saturated carbocycles. The summed E-state index contributed by atoms with van der Waals surface area (Å²) in [4.78, 5) is 0. The van der Waals surface area contributed by atoms with Gasteiger partial charge in [0, 0.05) is 25.6 Å². The molecule has 0 radical (unpaired) electrons. The third kappa shape index (κ3) is 2.42. The number of hydrogen-bond donors (Lipinski definition) is 2. The van der Waals surface area contributed by atoms with E-state index in [4.69, 9.17) is 9.47 Å². The van der Waals surface area contributed by atoms with Crippen LogP contribution in [0.3, 0.4) is 0 Å². The number of ether oxygens (including phenoxy) is 2. The zero-order valence-corrected chi connectivity index (χ0v) is 14.5. The molecule has 1 saturated heterocycles. The highest BCUT2D eigenvalue weighted by atomic mass is 16.5. The molecule has 2 N–H and O–H groups in total. The minimum atomic E-state index is 0.564. The van der Waals surface area contributed by atoms with E-state index in [2.05, 4.69) is 41.8 Å². The molecule has 126 valence electrons. The Morgan fingerprint density at radius 3 is 2.62 bits per heavy atom. The fraction of sp³-hybridized carbons (Fsp3) is 0.400. The minimum absolute atomic E-state index is 0.564. The van der Waals surface area contributed by atoms with Crippen molar-refractivity contribution >= 4 is 5.69 Å². The Balaban J connectivity index is 1.84. The average molecular weight is 324 g/mol. The molecule has 0 bridgehead atoms. The lowest BCUT2D eigenvalue weighted by atomic mass is 9.82. The number of fused-ring (bicyclic) bond motifs is 3.